The number of rotatable bonds is 1. The second-order valence-electron chi connectivity index (χ2n) is 2.46. The first-order valence-corrected chi connectivity index (χ1v) is 3.88. The minimum absolute atomic E-state index is 0.391. The number of aliphatic imine (C=N–C) groups is 2. The van der Waals surface area contributed by atoms with Crippen molar-refractivity contribution >= 4 is 29.9 Å². The number of aldehydes is 1. The second kappa shape index (κ2) is 2.68. The van der Waals surface area contributed by atoms with Crippen LogP contribution in [0.3, 0.4) is 0 Å². The molecule has 0 bridgehead atoms. The van der Waals surface area contributed by atoms with Crippen molar-refractivity contribution in [3.63, 3.8) is 0 Å². The molecule has 2 aliphatic rings. The molecule has 0 N–H and O–H groups in total. The molecule has 12 heavy (non-hydrogen) atoms. The van der Waals surface area contributed by atoms with Gasteiger partial charge in [0.1, 0.15) is 6.29 Å². The van der Waals surface area contributed by atoms with Crippen LogP contribution in [0.25, 0.3) is 0 Å². The van der Waals surface area contributed by atoms with E-state index in [1.807, 2.05) is 0 Å². The van der Waals surface area contributed by atoms with Crippen LogP contribution < -0.4 is 0 Å². The molecule has 0 radical (unpaired) electrons. The molecule has 4 heteroatoms. The monoisotopic (exact) mass is 180 g/mol. The second-order valence-corrected chi connectivity index (χ2v) is 2.90. The molecular formula is C8H5ClN2O. The average Bonchev–Trinajstić information content (AvgIpc) is 2.53. The summed E-state index contributed by atoms with van der Waals surface area (Å²) in [7, 11) is 0. The zero-order valence-corrected chi connectivity index (χ0v) is 6.82. The minimum atomic E-state index is -0.391. The van der Waals surface area contributed by atoms with Gasteiger partial charge in [-0.2, -0.15) is 0 Å². The molecular weight excluding hydrogens is 176 g/mol. The van der Waals surface area contributed by atoms with Crippen LogP contribution in [0.15, 0.2) is 33.4 Å². The first-order valence-electron chi connectivity index (χ1n) is 3.44. The maximum atomic E-state index is 10.5. The van der Waals surface area contributed by atoms with Gasteiger partial charge in [0.2, 0.25) is 0 Å². The molecule has 0 aromatic rings. The molecule has 3 nitrogen and oxygen atoms in total. The van der Waals surface area contributed by atoms with Crippen molar-refractivity contribution in [2.24, 2.45) is 9.98 Å². The zero-order valence-electron chi connectivity index (χ0n) is 6.07. The Morgan fingerprint density at radius 2 is 2.42 bits per heavy atom. The van der Waals surface area contributed by atoms with Crippen molar-refractivity contribution < 1.29 is 4.79 Å². The third-order valence-electron chi connectivity index (χ3n) is 1.75. The summed E-state index contributed by atoms with van der Waals surface area (Å²) in [5.41, 5.74) is 1.29. The lowest BCUT2D eigenvalue weighted by Gasteiger charge is -2.13. The number of nitrogens with zero attached hydrogens (tertiary/aromatic N) is 2. The summed E-state index contributed by atoms with van der Waals surface area (Å²) in [6, 6.07) is 0. The van der Waals surface area contributed by atoms with E-state index in [1.165, 1.54) is 6.20 Å². The predicted molar refractivity (Wildman–Crippen MR) is 47.8 cm³/mol. The third kappa shape index (κ3) is 0.940. The number of hydrogen-bond donors (Lipinski definition) is 0. The fraction of sp³-hybridized carbons (Fsp3) is 0.125. The molecule has 0 unspecified atom stereocenters. The van der Waals surface area contributed by atoms with Gasteiger partial charge in [0.05, 0.1) is 5.38 Å². The SMILES string of the molecule is O=CC1=CN=C2N=CC=C2[C@@H]1Cl. The van der Waals surface area contributed by atoms with Crippen LogP contribution in [-0.2, 0) is 4.79 Å². The van der Waals surface area contributed by atoms with Gasteiger partial charge in [-0.15, -0.1) is 11.6 Å². The molecule has 0 saturated carbocycles. The quantitative estimate of drug-likeness (QED) is 0.440. The number of allylic oxidation sites excluding steroid dienone is 2. The van der Waals surface area contributed by atoms with Crippen LogP contribution in [0.4, 0.5) is 0 Å². The molecule has 1 atom stereocenters. The van der Waals surface area contributed by atoms with Gasteiger partial charge in [-0.25, -0.2) is 9.98 Å². The van der Waals surface area contributed by atoms with E-state index < -0.39 is 5.38 Å². The smallest absolute Gasteiger partial charge is 0.156 e. The Balaban J connectivity index is 2.44. The van der Waals surface area contributed by atoms with E-state index in [9.17, 15) is 4.79 Å². The summed E-state index contributed by atoms with van der Waals surface area (Å²) in [5, 5.41) is -0.391. The van der Waals surface area contributed by atoms with E-state index >= 15 is 0 Å². The largest absolute Gasteiger partial charge is 0.298 e. The number of fused-ring (bicyclic) bond motifs is 1. The fourth-order valence-corrected chi connectivity index (χ4v) is 1.39. The van der Waals surface area contributed by atoms with E-state index in [4.69, 9.17) is 11.6 Å². The number of hydrogen-bond acceptors (Lipinski definition) is 3. The summed E-state index contributed by atoms with van der Waals surface area (Å²) < 4.78 is 0. The minimum Gasteiger partial charge on any atom is -0.298 e. The number of alkyl halides is 1. The Kier molecular flexibility index (Phi) is 1.66. The van der Waals surface area contributed by atoms with Gasteiger partial charge in [0.15, 0.2) is 5.84 Å². The lowest BCUT2D eigenvalue weighted by molar-refractivity contribution is -0.104. The summed E-state index contributed by atoms with van der Waals surface area (Å²) in [5.74, 6) is 0.612. The third-order valence-corrected chi connectivity index (χ3v) is 2.23. The van der Waals surface area contributed by atoms with Crippen molar-refractivity contribution in [2.75, 3.05) is 0 Å². The normalized spacial score (nSPS) is 25.8. The molecule has 60 valence electrons. The molecule has 2 heterocycles. The topological polar surface area (TPSA) is 41.8 Å². The molecule has 2 rings (SSSR count). The van der Waals surface area contributed by atoms with Gasteiger partial charge in [-0.3, -0.25) is 4.79 Å². The van der Waals surface area contributed by atoms with E-state index in [-0.39, 0.29) is 0 Å². The maximum Gasteiger partial charge on any atom is 0.156 e. The van der Waals surface area contributed by atoms with Gasteiger partial charge in [0, 0.05) is 23.6 Å². The number of carbonyl (C=O) groups is 1. The van der Waals surface area contributed by atoms with E-state index in [0.717, 1.165) is 11.9 Å². The molecule has 0 fully saturated rings. The number of halogens is 1. The van der Waals surface area contributed by atoms with E-state index in [0.29, 0.717) is 11.4 Å². The van der Waals surface area contributed by atoms with Crippen LogP contribution >= 0.6 is 11.6 Å². The molecule has 0 aliphatic carbocycles. The Hall–Kier alpha value is -1.22. The van der Waals surface area contributed by atoms with Crippen LogP contribution in [0.2, 0.25) is 0 Å². The Bertz CT molecular complexity index is 350. The summed E-state index contributed by atoms with van der Waals surface area (Å²) in [4.78, 5) is 18.4. The maximum absolute atomic E-state index is 10.5. The Morgan fingerprint density at radius 1 is 1.58 bits per heavy atom. The molecule has 2 aliphatic heterocycles. The van der Waals surface area contributed by atoms with Crippen LogP contribution in [0.5, 0.6) is 0 Å². The predicted octanol–water partition coefficient (Wildman–Crippen LogP) is 1.10. The highest BCUT2D eigenvalue weighted by molar-refractivity contribution is 6.32. The molecule has 0 spiro atoms. The molecule has 0 aromatic heterocycles. The highest BCUT2D eigenvalue weighted by Crippen LogP contribution is 2.25. The van der Waals surface area contributed by atoms with Gasteiger partial charge in [-0.1, -0.05) is 0 Å². The van der Waals surface area contributed by atoms with Gasteiger partial charge in [0.25, 0.3) is 0 Å². The highest BCUT2D eigenvalue weighted by Gasteiger charge is 2.25. The Morgan fingerprint density at radius 3 is 3.17 bits per heavy atom. The van der Waals surface area contributed by atoms with Crippen molar-refractivity contribution in [3.8, 4) is 0 Å². The summed E-state index contributed by atoms with van der Waals surface area (Å²) in [6.07, 6.45) is 5.58. The van der Waals surface area contributed by atoms with Gasteiger partial charge < -0.3 is 0 Å². The van der Waals surface area contributed by atoms with Gasteiger partial charge in [-0.05, 0) is 6.08 Å². The number of amidine groups is 1. The summed E-state index contributed by atoms with van der Waals surface area (Å²) in [6.45, 7) is 0. The lowest BCUT2D eigenvalue weighted by atomic mass is 10.0. The van der Waals surface area contributed by atoms with Crippen molar-refractivity contribution in [1.82, 2.24) is 0 Å². The first-order chi connectivity index (χ1) is 5.83. The van der Waals surface area contributed by atoms with Crippen LogP contribution in [0, 0.1) is 0 Å². The summed E-state index contributed by atoms with van der Waals surface area (Å²) >= 11 is 5.96. The Labute approximate surface area is 74.2 Å². The van der Waals surface area contributed by atoms with E-state index in [1.54, 1.807) is 12.3 Å². The number of carbonyl (C=O) groups excluding carboxylic acids is 1. The molecule has 0 saturated heterocycles. The van der Waals surface area contributed by atoms with Crippen molar-refractivity contribution in [3.05, 3.63) is 23.4 Å². The van der Waals surface area contributed by atoms with Crippen LogP contribution in [-0.4, -0.2) is 23.7 Å². The van der Waals surface area contributed by atoms with Crippen LogP contribution in [0.1, 0.15) is 0 Å². The van der Waals surface area contributed by atoms with E-state index in [2.05, 4.69) is 9.98 Å². The average molecular weight is 181 g/mol. The molecule has 0 amide bonds. The standard InChI is InChI=1S/C8H5ClN2O/c9-7-5(4-12)3-11-8-6(7)1-2-10-8/h1-4,7H/t7-/m1/s1. The van der Waals surface area contributed by atoms with Crippen molar-refractivity contribution in [2.45, 2.75) is 5.38 Å². The zero-order chi connectivity index (χ0) is 8.55. The first kappa shape index (κ1) is 7.43. The van der Waals surface area contributed by atoms with Gasteiger partial charge >= 0.3 is 0 Å². The molecule has 0 aromatic carbocycles. The highest BCUT2D eigenvalue weighted by atomic mass is 35.5. The lowest BCUT2D eigenvalue weighted by Crippen LogP contribution is -2.16. The fourth-order valence-electron chi connectivity index (χ4n) is 1.11. The van der Waals surface area contributed by atoms with Crippen molar-refractivity contribution in [1.29, 1.82) is 0 Å².